The van der Waals surface area contributed by atoms with E-state index in [1.54, 1.807) is 6.26 Å². The predicted molar refractivity (Wildman–Crippen MR) is 147 cm³/mol. The lowest BCUT2D eigenvalue weighted by atomic mass is 9.95. The molecule has 2 aliphatic rings. The van der Waals surface area contributed by atoms with Gasteiger partial charge < -0.3 is 18.9 Å². The second-order valence-electron chi connectivity index (χ2n) is 10.5. The van der Waals surface area contributed by atoms with Crippen LogP contribution in [0.3, 0.4) is 0 Å². The van der Waals surface area contributed by atoms with Crippen molar-refractivity contribution in [2.45, 2.75) is 57.3 Å². The number of tetrazole rings is 1. The fraction of sp³-hybridized carbons (Fsp3) is 0.333. The number of ether oxygens (including phenoxy) is 2. The maximum Gasteiger partial charge on any atom is 0.253 e. The lowest BCUT2D eigenvalue weighted by Gasteiger charge is -2.32. The summed E-state index contributed by atoms with van der Waals surface area (Å²) in [5.74, 6) is 2.72. The SMILES string of the molecule is O=c1[nH]c2cc3c(cc2cc1[C@H](c1nnnn1C1CCCCC1)N(Cc1ccccc1)Cc1ccco1)OCO3. The monoisotopic (exact) mass is 538 g/mol. The molecule has 10 heteroatoms. The molecule has 40 heavy (non-hydrogen) atoms. The van der Waals surface area contributed by atoms with Crippen molar-refractivity contribution in [2.24, 2.45) is 0 Å². The summed E-state index contributed by atoms with van der Waals surface area (Å²) in [6.07, 6.45) is 7.19. The Balaban J connectivity index is 1.40. The van der Waals surface area contributed by atoms with Gasteiger partial charge in [0.1, 0.15) is 11.8 Å². The molecule has 1 aliphatic heterocycles. The van der Waals surface area contributed by atoms with Crippen molar-refractivity contribution in [1.82, 2.24) is 30.1 Å². The number of rotatable bonds is 8. The summed E-state index contributed by atoms with van der Waals surface area (Å²) in [7, 11) is 0. The fourth-order valence-corrected chi connectivity index (χ4v) is 5.94. The molecule has 1 N–H and O–H groups in total. The lowest BCUT2D eigenvalue weighted by molar-refractivity contribution is 0.173. The summed E-state index contributed by atoms with van der Waals surface area (Å²) in [6.45, 7) is 1.18. The van der Waals surface area contributed by atoms with E-state index in [0.29, 0.717) is 41.5 Å². The Kier molecular flexibility index (Phi) is 6.52. The third-order valence-corrected chi connectivity index (χ3v) is 7.88. The van der Waals surface area contributed by atoms with Gasteiger partial charge in [-0.15, -0.1) is 5.10 Å². The van der Waals surface area contributed by atoms with E-state index in [0.717, 1.165) is 42.4 Å². The van der Waals surface area contributed by atoms with Crippen molar-refractivity contribution in [1.29, 1.82) is 0 Å². The number of nitrogens with zero attached hydrogens (tertiary/aromatic N) is 5. The first-order valence-corrected chi connectivity index (χ1v) is 13.8. The van der Waals surface area contributed by atoms with Crippen LogP contribution in [-0.4, -0.2) is 36.9 Å². The largest absolute Gasteiger partial charge is 0.468 e. The van der Waals surface area contributed by atoms with E-state index in [1.165, 1.54) is 6.42 Å². The summed E-state index contributed by atoms with van der Waals surface area (Å²) < 4.78 is 18.9. The Hall–Kier alpha value is -4.44. The zero-order valence-electron chi connectivity index (χ0n) is 22.0. The van der Waals surface area contributed by atoms with Crippen molar-refractivity contribution in [3.8, 4) is 11.5 Å². The van der Waals surface area contributed by atoms with Crippen LogP contribution in [0.25, 0.3) is 10.9 Å². The number of benzene rings is 2. The van der Waals surface area contributed by atoms with E-state index in [9.17, 15) is 4.79 Å². The van der Waals surface area contributed by atoms with Gasteiger partial charge in [0.05, 0.1) is 24.4 Å². The van der Waals surface area contributed by atoms with Crippen LogP contribution in [0.1, 0.15) is 66.9 Å². The third kappa shape index (κ3) is 4.75. The third-order valence-electron chi connectivity index (χ3n) is 7.88. The molecule has 0 spiro atoms. The number of fused-ring (bicyclic) bond motifs is 2. The summed E-state index contributed by atoms with van der Waals surface area (Å²) in [6, 6.07) is 19.3. The molecule has 1 aliphatic carbocycles. The molecule has 1 saturated carbocycles. The molecule has 0 radical (unpaired) electrons. The maximum absolute atomic E-state index is 13.9. The number of pyridine rings is 1. The first-order valence-electron chi connectivity index (χ1n) is 13.8. The van der Waals surface area contributed by atoms with Gasteiger partial charge in [-0.25, -0.2) is 4.68 Å². The highest BCUT2D eigenvalue weighted by Crippen LogP contribution is 2.38. The summed E-state index contributed by atoms with van der Waals surface area (Å²) in [5.41, 5.74) is 2.15. The maximum atomic E-state index is 13.9. The number of hydrogen-bond donors (Lipinski definition) is 1. The molecular weight excluding hydrogens is 508 g/mol. The molecule has 5 aromatic rings. The fourth-order valence-electron chi connectivity index (χ4n) is 5.94. The van der Waals surface area contributed by atoms with Gasteiger partial charge in [-0.2, -0.15) is 0 Å². The van der Waals surface area contributed by atoms with Crippen molar-refractivity contribution in [2.75, 3.05) is 6.79 Å². The molecule has 4 heterocycles. The topological polar surface area (TPSA) is 111 Å². The van der Waals surface area contributed by atoms with Gasteiger partial charge in [0.25, 0.3) is 5.56 Å². The Morgan fingerprint density at radius 1 is 0.975 bits per heavy atom. The van der Waals surface area contributed by atoms with Gasteiger partial charge in [0.2, 0.25) is 6.79 Å². The number of hydrogen-bond acceptors (Lipinski definition) is 8. The van der Waals surface area contributed by atoms with Gasteiger partial charge in [-0.05, 0) is 53.1 Å². The molecule has 0 bridgehead atoms. The predicted octanol–water partition coefficient (Wildman–Crippen LogP) is 5.13. The Bertz CT molecular complexity index is 1660. The van der Waals surface area contributed by atoms with E-state index in [4.69, 9.17) is 13.9 Å². The Morgan fingerprint density at radius 2 is 1.80 bits per heavy atom. The number of aromatic amines is 1. The van der Waals surface area contributed by atoms with E-state index in [1.807, 2.05) is 53.2 Å². The second-order valence-corrected chi connectivity index (χ2v) is 10.5. The summed E-state index contributed by atoms with van der Waals surface area (Å²) in [4.78, 5) is 19.2. The average molecular weight is 539 g/mol. The van der Waals surface area contributed by atoms with Gasteiger partial charge in [0.15, 0.2) is 17.3 Å². The van der Waals surface area contributed by atoms with E-state index < -0.39 is 6.04 Å². The van der Waals surface area contributed by atoms with Crippen LogP contribution in [0.15, 0.2) is 76.1 Å². The van der Waals surface area contributed by atoms with Crippen LogP contribution in [-0.2, 0) is 13.1 Å². The minimum absolute atomic E-state index is 0.162. The zero-order valence-corrected chi connectivity index (χ0v) is 22.0. The molecule has 0 unspecified atom stereocenters. The normalized spacial score (nSPS) is 16.1. The molecule has 0 saturated heterocycles. The van der Waals surface area contributed by atoms with Crippen LogP contribution in [0.2, 0.25) is 0 Å². The molecule has 204 valence electrons. The molecule has 7 rings (SSSR count). The zero-order chi connectivity index (χ0) is 26.9. The van der Waals surface area contributed by atoms with Crippen molar-refractivity contribution in [3.05, 3.63) is 100.0 Å². The summed E-state index contributed by atoms with van der Waals surface area (Å²) >= 11 is 0. The van der Waals surface area contributed by atoms with E-state index in [2.05, 4.69) is 37.5 Å². The summed E-state index contributed by atoms with van der Waals surface area (Å²) in [5, 5.41) is 14.0. The minimum Gasteiger partial charge on any atom is -0.468 e. The molecular formula is C30H30N6O4. The van der Waals surface area contributed by atoms with Crippen LogP contribution in [0.5, 0.6) is 11.5 Å². The van der Waals surface area contributed by atoms with Crippen LogP contribution in [0.4, 0.5) is 0 Å². The van der Waals surface area contributed by atoms with Crippen molar-refractivity contribution < 1.29 is 13.9 Å². The molecule has 0 amide bonds. The van der Waals surface area contributed by atoms with E-state index >= 15 is 0 Å². The highest BCUT2D eigenvalue weighted by Gasteiger charge is 2.33. The number of nitrogens with one attached hydrogen (secondary N) is 1. The Morgan fingerprint density at radius 3 is 2.60 bits per heavy atom. The smallest absolute Gasteiger partial charge is 0.253 e. The molecule has 1 atom stereocenters. The standard InChI is InChI=1S/C30H30N6O4/c37-30-24(14-21-15-26-27(40-19-39-26)16-25(21)31-30)28(29-32-33-34-36(29)22-10-5-2-6-11-22)35(18-23-12-7-13-38-23)17-20-8-3-1-4-9-20/h1,3-4,7-9,12-16,22,28H,2,5-6,10-11,17-19H2,(H,31,37)/t28-/m1/s1. The molecule has 2 aromatic carbocycles. The van der Waals surface area contributed by atoms with Crippen LogP contribution >= 0.6 is 0 Å². The van der Waals surface area contributed by atoms with Crippen LogP contribution < -0.4 is 15.0 Å². The minimum atomic E-state index is -0.541. The Labute approximate surface area is 230 Å². The van der Waals surface area contributed by atoms with Crippen molar-refractivity contribution >= 4 is 10.9 Å². The quantitative estimate of drug-likeness (QED) is 0.289. The second kappa shape index (κ2) is 10.6. The number of aromatic nitrogens is 5. The highest BCUT2D eigenvalue weighted by atomic mass is 16.7. The highest BCUT2D eigenvalue weighted by molar-refractivity contribution is 5.83. The molecule has 1 fully saturated rings. The first kappa shape index (κ1) is 24.6. The first-order chi connectivity index (χ1) is 19.7. The number of H-pyrrole nitrogens is 1. The van der Waals surface area contributed by atoms with Gasteiger partial charge in [-0.3, -0.25) is 9.69 Å². The molecule has 10 nitrogen and oxygen atoms in total. The molecule has 3 aromatic heterocycles. The average Bonchev–Trinajstić information content (AvgIpc) is 3.76. The lowest BCUT2D eigenvalue weighted by Crippen LogP contribution is -2.35. The van der Waals surface area contributed by atoms with Crippen molar-refractivity contribution in [3.63, 3.8) is 0 Å². The van der Waals surface area contributed by atoms with Gasteiger partial charge >= 0.3 is 0 Å². The van der Waals surface area contributed by atoms with Gasteiger partial charge in [-0.1, -0.05) is 49.6 Å². The van der Waals surface area contributed by atoms with E-state index in [-0.39, 0.29) is 18.4 Å². The van der Waals surface area contributed by atoms with Crippen LogP contribution in [0, 0.1) is 0 Å². The number of furan rings is 1. The van der Waals surface area contributed by atoms with Gasteiger partial charge in [0, 0.05) is 23.6 Å².